The summed E-state index contributed by atoms with van der Waals surface area (Å²) in [7, 11) is 0. The predicted octanol–water partition coefficient (Wildman–Crippen LogP) is 3.35. The molecule has 1 aromatic carbocycles. The summed E-state index contributed by atoms with van der Waals surface area (Å²) in [6.45, 7) is 1.82. The molecule has 0 aliphatic carbocycles. The van der Waals surface area contributed by atoms with E-state index < -0.39 is 5.41 Å². The van der Waals surface area contributed by atoms with E-state index in [9.17, 15) is 4.79 Å². The molecule has 1 fully saturated rings. The highest BCUT2D eigenvalue weighted by Gasteiger charge is 2.38. The third-order valence-electron chi connectivity index (χ3n) is 4.91. The van der Waals surface area contributed by atoms with Crippen molar-refractivity contribution in [2.75, 3.05) is 19.8 Å². The second-order valence-corrected chi connectivity index (χ2v) is 7.56. The summed E-state index contributed by atoms with van der Waals surface area (Å²) in [5.41, 5.74) is 6.31. The lowest BCUT2D eigenvalue weighted by Gasteiger charge is -2.34. The third kappa shape index (κ3) is 4.01. The standard InChI is InChI=1S/C19H21N3O3S.ClH/c20-12-19(7-9-24-10-8-19)18(23)21-11-13-5-6-15(25-13)17-22-14-3-1-2-4-16(14)26-17;/h1-6H,7-12,20H2,(H,21,23);1H. The Balaban J connectivity index is 0.00000210. The van der Waals surface area contributed by atoms with Gasteiger partial charge in [-0.25, -0.2) is 4.98 Å². The Labute approximate surface area is 167 Å². The number of hydrogen-bond donors (Lipinski definition) is 2. The predicted molar refractivity (Wildman–Crippen MR) is 108 cm³/mol. The molecule has 1 saturated heterocycles. The lowest BCUT2D eigenvalue weighted by molar-refractivity contribution is -0.136. The van der Waals surface area contributed by atoms with Crippen LogP contribution in [0.2, 0.25) is 0 Å². The number of carbonyl (C=O) groups excluding carboxylic acids is 1. The summed E-state index contributed by atoms with van der Waals surface area (Å²) in [6.07, 6.45) is 1.31. The number of rotatable bonds is 5. The number of nitrogens with zero attached hydrogens (tertiary/aromatic N) is 1. The molecule has 4 rings (SSSR count). The van der Waals surface area contributed by atoms with Crippen molar-refractivity contribution in [3.05, 3.63) is 42.2 Å². The number of amides is 1. The first-order valence-electron chi connectivity index (χ1n) is 8.71. The van der Waals surface area contributed by atoms with Crippen LogP contribution in [-0.2, 0) is 16.1 Å². The molecule has 3 heterocycles. The minimum absolute atomic E-state index is 0. The molecule has 8 heteroatoms. The van der Waals surface area contributed by atoms with Crippen LogP contribution >= 0.6 is 23.7 Å². The molecule has 1 aliphatic rings. The summed E-state index contributed by atoms with van der Waals surface area (Å²) in [6, 6.07) is 11.8. The van der Waals surface area contributed by atoms with Crippen LogP contribution in [-0.4, -0.2) is 30.6 Å². The average Bonchev–Trinajstić information content (AvgIpc) is 3.33. The van der Waals surface area contributed by atoms with E-state index in [1.54, 1.807) is 11.3 Å². The minimum Gasteiger partial charge on any atom is -0.457 e. The molecule has 144 valence electrons. The van der Waals surface area contributed by atoms with Gasteiger partial charge in [0.15, 0.2) is 10.8 Å². The Morgan fingerprint density at radius 3 is 2.74 bits per heavy atom. The van der Waals surface area contributed by atoms with Gasteiger partial charge >= 0.3 is 0 Å². The Hall–Kier alpha value is -1.93. The number of hydrogen-bond acceptors (Lipinski definition) is 6. The van der Waals surface area contributed by atoms with Gasteiger partial charge in [-0.1, -0.05) is 12.1 Å². The highest BCUT2D eigenvalue weighted by molar-refractivity contribution is 7.21. The maximum absolute atomic E-state index is 12.6. The van der Waals surface area contributed by atoms with Crippen LogP contribution in [0.5, 0.6) is 0 Å². The highest BCUT2D eigenvalue weighted by Crippen LogP contribution is 2.32. The van der Waals surface area contributed by atoms with Gasteiger partial charge in [0.05, 0.1) is 22.2 Å². The van der Waals surface area contributed by atoms with Gasteiger partial charge in [0.2, 0.25) is 5.91 Å². The van der Waals surface area contributed by atoms with Crippen LogP contribution in [0, 0.1) is 5.41 Å². The quantitative estimate of drug-likeness (QED) is 0.676. The molecule has 1 amide bonds. The molecule has 0 saturated carbocycles. The third-order valence-corrected chi connectivity index (χ3v) is 5.96. The molecule has 0 spiro atoms. The van der Waals surface area contributed by atoms with Crippen LogP contribution in [0.25, 0.3) is 21.0 Å². The topological polar surface area (TPSA) is 90.4 Å². The molecular weight excluding hydrogens is 386 g/mol. The fraction of sp³-hybridized carbons (Fsp3) is 0.368. The van der Waals surface area contributed by atoms with Crippen LogP contribution in [0.4, 0.5) is 0 Å². The molecule has 2 aromatic heterocycles. The molecule has 0 bridgehead atoms. The number of nitrogens with two attached hydrogens (primary N) is 1. The van der Waals surface area contributed by atoms with E-state index in [2.05, 4.69) is 10.3 Å². The molecule has 0 unspecified atom stereocenters. The second-order valence-electron chi connectivity index (χ2n) is 6.53. The number of benzene rings is 1. The van der Waals surface area contributed by atoms with Crippen molar-refractivity contribution in [1.29, 1.82) is 0 Å². The van der Waals surface area contributed by atoms with Crippen molar-refractivity contribution in [3.63, 3.8) is 0 Å². The summed E-state index contributed by atoms with van der Waals surface area (Å²) in [5.74, 6) is 1.39. The molecule has 6 nitrogen and oxygen atoms in total. The monoisotopic (exact) mass is 407 g/mol. The van der Waals surface area contributed by atoms with Crippen molar-refractivity contribution in [2.45, 2.75) is 19.4 Å². The number of halogens is 1. The van der Waals surface area contributed by atoms with E-state index in [1.807, 2.05) is 36.4 Å². The molecule has 1 aliphatic heterocycles. The SMILES string of the molecule is Cl.NCC1(C(=O)NCc2ccc(-c3nc4ccccc4s3)o2)CCOCC1. The van der Waals surface area contributed by atoms with Crippen molar-refractivity contribution in [2.24, 2.45) is 11.1 Å². The number of para-hydroxylation sites is 1. The second kappa shape index (κ2) is 8.39. The molecule has 27 heavy (non-hydrogen) atoms. The first kappa shape index (κ1) is 19.8. The maximum Gasteiger partial charge on any atom is 0.228 e. The molecular formula is C19H22ClN3O3S. The van der Waals surface area contributed by atoms with Crippen molar-refractivity contribution in [1.82, 2.24) is 10.3 Å². The van der Waals surface area contributed by atoms with Crippen LogP contribution in [0.1, 0.15) is 18.6 Å². The van der Waals surface area contributed by atoms with E-state index in [-0.39, 0.29) is 18.3 Å². The van der Waals surface area contributed by atoms with Gasteiger partial charge in [-0.05, 0) is 37.1 Å². The van der Waals surface area contributed by atoms with E-state index >= 15 is 0 Å². The lowest BCUT2D eigenvalue weighted by Crippen LogP contribution is -2.48. The van der Waals surface area contributed by atoms with Gasteiger partial charge in [0.25, 0.3) is 0 Å². The number of fused-ring (bicyclic) bond motifs is 1. The van der Waals surface area contributed by atoms with E-state index in [0.29, 0.717) is 44.9 Å². The maximum atomic E-state index is 12.6. The zero-order valence-corrected chi connectivity index (χ0v) is 16.4. The van der Waals surface area contributed by atoms with E-state index in [0.717, 1.165) is 21.0 Å². The van der Waals surface area contributed by atoms with Crippen molar-refractivity contribution < 1.29 is 13.9 Å². The number of furan rings is 1. The lowest BCUT2D eigenvalue weighted by atomic mass is 9.79. The fourth-order valence-corrected chi connectivity index (χ4v) is 4.13. The van der Waals surface area contributed by atoms with Crippen molar-refractivity contribution in [3.8, 4) is 10.8 Å². The first-order chi connectivity index (χ1) is 12.7. The summed E-state index contributed by atoms with van der Waals surface area (Å²) >= 11 is 1.59. The van der Waals surface area contributed by atoms with E-state index in [1.165, 1.54) is 0 Å². The number of thiazole rings is 1. The number of carbonyl (C=O) groups is 1. The van der Waals surface area contributed by atoms with Gasteiger partial charge in [-0.15, -0.1) is 23.7 Å². The summed E-state index contributed by atoms with van der Waals surface area (Å²) in [5, 5.41) is 3.81. The molecule has 0 radical (unpaired) electrons. The molecule has 3 aromatic rings. The Morgan fingerprint density at radius 2 is 2.00 bits per heavy atom. The number of nitrogens with one attached hydrogen (secondary N) is 1. The summed E-state index contributed by atoms with van der Waals surface area (Å²) in [4.78, 5) is 17.2. The largest absolute Gasteiger partial charge is 0.457 e. The Morgan fingerprint density at radius 1 is 1.22 bits per heavy atom. The zero-order chi connectivity index (χ0) is 18.0. The van der Waals surface area contributed by atoms with Gasteiger partial charge < -0.3 is 20.2 Å². The van der Waals surface area contributed by atoms with E-state index in [4.69, 9.17) is 14.9 Å². The Kier molecular flexibility index (Phi) is 6.16. The van der Waals surface area contributed by atoms with Crippen LogP contribution in [0.3, 0.4) is 0 Å². The van der Waals surface area contributed by atoms with Gasteiger partial charge in [0.1, 0.15) is 5.76 Å². The normalized spacial score (nSPS) is 16.0. The number of aromatic nitrogens is 1. The van der Waals surface area contributed by atoms with Crippen molar-refractivity contribution >= 4 is 39.9 Å². The van der Waals surface area contributed by atoms with Gasteiger partial charge in [-0.2, -0.15) is 0 Å². The molecule has 3 N–H and O–H groups in total. The summed E-state index contributed by atoms with van der Waals surface area (Å²) < 4.78 is 12.4. The molecule has 0 atom stereocenters. The Bertz CT molecular complexity index is 885. The first-order valence-corrected chi connectivity index (χ1v) is 9.53. The average molecular weight is 408 g/mol. The number of ether oxygens (including phenoxy) is 1. The van der Waals surface area contributed by atoms with Crippen LogP contribution < -0.4 is 11.1 Å². The van der Waals surface area contributed by atoms with Crippen LogP contribution in [0.15, 0.2) is 40.8 Å². The minimum atomic E-state index is -0.527. The van der Waals surface area contributed by atoms with Gasteiger partial charge in [0, 0.05) is 19.8 Å². The highest BCUT2D eigenvalue weighted by atomic mass is 35.5. The van der Waals surface area contributed by atoms with Gasteiger partial charge in [-0.3, -0.25) is 4.79 Å². The fourth-order valence-electron chi connectivity index (χ4n) is 3.21. The zero-order valence-electron chi connectivity index (χ0n) is 14.8. The smallest absolute Gasteiger partial charge is 0.228 e.